The van der Waals surface area contributed by atoms with Gasteiger partial charge in [0.2, 0.25) is 5.91 Å². The predicted octanol–water partition coefficient (Wildman–Crippen LogP) is 2.82. The lowest BCUT2D eigenvalue weighted by molar-refractivity contribution is -0.156. The average molecular weight is 313 g/mol. The second-order valence-corrected chi connectivity index (χ2v) is 8.69. The van der Waals surface area contributed by atoms with E-state index < -0.39 is 0 Å². The van der Waals surface area contributed by atoms with Gasteiger partial charge >= 0.3 is 0 Å². The molecule has 0 spiro atoms. The van der Waals surface area contributed by atoms with Crippen LogP contribution in [0.15, 0.2) is 0 Å². The van der Waals surface area contributed by atoms with Crippen molar-refractivity contribution < 1.29 is 4.79 Å². The standard InChI is InChI=1S/C17H28N2O.ClH/c1-16(10-18)2-3-19(11-16)15(20)17-7-12-4-13(8-17)6-14(5-12)9-17;/h12-14H,2-11,18H2,1H3;1H. The number of likely N-dealkylation sites (tertiary alicyclic amines) is 1. The summed E-state index contributed by atoms with van der Waals surface area (Å²) in [5, 5.41) is 0. The Bertz CT molecular complexity index is 403. The molecule has 4 bridgehead atoms. The molecule has 0 radical (unpaired) electrons. The van der Waals surface area contributed by atoms with Crippen molar-refractivity contribution in [3.05, 3.63) is 0 Å². The highest BCUT2D eigenvalue weighted by Gasteiger charge is 2.56. The van der Waals surface area contributed by atoms with Crippen molar-refractivity contribution >= 4 is 18.3 Å². The van der Waals surface area contributed by atoms with Crippen molar-refractivity contribution in [1.82, 2.24) is 4.90 Å². The number of amides is 1. The summed E-state index contributed by atoms with van der Waals surface area (Å²) in [6.07, 6.45) is 8.88. The number of nitrogens with zero attached hydrogens (tertiary/aromatic N) is 1. The van der Waals surface area contributed by atoms with Crippen LogP contribution in [0.25, 0.3) is 0 Å². The summed E-state index contributed by atoms with van der Waals surface area (Å²) in [5.41, 5.74) is 6.10. The lowest BCUT2D eigenvalue weighted by atomic mass is 9.49. The number of nitrogens with two attached hydrogens (primary N) is 1. The van der Waals surface area contributed by atoms with Gasteiger partial charge in [0, 0.05) is 13.1 Å². The maximum absolute atomic E-state index is 13.2. The predicted molar refractivity (Wildman–Crippen MR) is 86.2 cm³/mol. The second kappa shape index (κ2) is 5.13. The van der Waals surface area contributed by atoms with Crippen LogP contribution in [0, 0.1) is 28.6 Å². The van der Waals surface area contributed by atoms with Gasteiger partial charge in [0.15, 0.2) is 0 Å². The first-order valence-electron chi connectivity index (χ1n) is 8.51. The average Bonchev–Trinajstić information content (AvgIpc) is 2.80. The Balaban J connectivity index is 0.00000132. The molecule has 1 atom stereocenters. The van der Waals surface area contributed by atoms with Gasteiger partial charge in [-0.15, -0.1) is 12.4 Å². The van der Waals surface area contributed by atoms with Gasteiger partial charge < -0.3 is 10.6 Å². The van der Waals surface area contributed by atoms with Crippen LogP contribution < -0.4 is 5.73 Å². The fraction of sp³-hybridized carbons (Fsp3) is 0.941. The molecule has 2 N–H and O–H groups in total. The molecule has 4 aliphatic carbocycles. The molecule has 0 aromatic heterocycles. The third kappa shape index (κ3) is 2.41. The summed E-state index contributed by atoms with van der Waals surface area (Å²) < 4.78 is 0. The molecule has 1 saturated heterocycles. The van der Waals surface area contributed by atoms with Crippen LogP contribution in [0.3, 0.4) is 0 Å². The van der Waals surface area contributed by atoms with Crippen molar-refractivity contribution in [1.29, 1.82) is 0 Å². The Kier molecular flexibility index (Phi) is 3.81. The van der Waals surface area contributed by atoms with E-state index in [9.17, 15) is 4.79 Å². The number of carbonyl (C=O) groups is 1. The molecule has 3 nitrogen and oxygen atoms in total. The highest BCUT2D eigenvalue weighted by atomic mass is 35.5. The summed E-state index contributed by atoms with van der Waals surface area (Å²) in [5.74, 6) is 3.06. The van der Waals surface area contributed by atoms with Gasteiger partial charge in [-0.25, -0.2) is 0 Å². The summed E-state index contributed by atoms with van der Waals surface area (Å²) in [6.45, 7) is 4.77. The molecule has 1 amide bonds. The van der Waals surface area contributed by atoms with Crippen molar-refractivity contribution in [3.63, 3.8) is 0 Å². The molecular weight excluding hydrogens is 284 g/mol. The van der Waals surface area contributed by atoms with Gasteiger partial charge in [-0.2, -0.15) is 0 Å². The van der Waals surface area contributed by atoms with E-state index in [4.69, 9.17) is 5.73 Å². The Hall–Kier alpha value is -0.280. The molecule has 0 aromatic carbocycles. The van der Waals surface area contributed by atoms with Gasteiger partial charge in [0.25, 0.3) is 0 Å². The molecule has 5 fully saturated rings. The molecule has 4 heteroatoms. The van der Waals surface area contributed by atoms with Gasteiger partial charge in [-0.3, -0.25) is 4.79 Å². The summed E-state index contributed by atoms with van der Waals surface area (Å²) in [6, 6.07) is 0. The first-order chi connectivity index (χ1) is 9.52. The molecule has 5 aliphatic rings. The molecule has 5 rings (SSSR count). The smallest absolute Gasteiger partial charge is 0.228 e. The second-order valence-electron chi connectivity index (χ2n) is 8.69. The molecule has 4 saturated carbocycles. The zero-order valence-corrected chi connectivity index (χ0v) is 14.0. The highest BCUT2D eigenvalue weighted by Crippen LogP contribution is 2.60. The zero-order valence-electron chi connectivity index (χ0n) is 13.1. The zero-order chi connectivity index (χ0) is 14.0. The summed E-state index contributed by atoms with van der Waals surface area (Å²) in [4.78, 5) is 15.4. The van der Waals surface area contributed by atoms with Gasteiger partial charge in [-0.05, 0) is 74.7 Å². The number of carbonyl (C=O) groups excluding carboxylic acids is 1. The van der Waals surface area contributed by atoms with Crippen LogP contribution in [0.2, 0.25) is 0 Å². The van der Waals surface area contributed by atoms with Crippen LogP contribution >= 0.6 is 12.4 Å². The molecule has 1 heterocycles. The Labute approximate surface area is 134 Å². The van der Waals surface area contributed by atoms with Crippen molar-refractivity contribution in [2.24, 2.45) is 34.3 Å². The maximum atomic E-state index is 13.2. The quantitative estimate of drug-likeness (QED) is 0.852. The fourth-order valence-electron chi connectivity index (χ4n) is 6.07. The number of hydrogen-bond donors (Lipinski definition) is 1. The lowest BCUT2D eigenvalue weighted by Gasteiger charge is -2.56. The fourth-order valence-corrected chi connectivity index (χ4v) is 6.07. The topological polar surface area (TPSA) is 46.3 Å². The van der Waals surface area contributed by atoms with E-state index in [0.29, 0.717) is 12.5 Å². The highest BCUT2D eigenvalue weighted by molar-refractivity contribution is 5.85. The van der Waals surface area contributed by atoms with E-state index in [1.54, 1.807) is 0 Å². The van der Waals surface area contributed by atoms with Crippen molar-refractivity contribution in [3.8, 4) is 0 Å². The van der Waals surface area contributed by atoms with Crippen LogP contribution in [0.4, 0.5) is 0 Å². The molecule has 21 heavy (non-hydrogen) atoms. The largest absolute Gasteiger partial charge is 0.342 e. The van der Waals surface area contributed by atoms with Crippen LogP contribution in [-0.4, -0.2) is 30.4 Å². The number of rotatable bonds is 2. The van der Waals surface area contributed by atoms with Crippen LogP contribution in [0.5, 0.6) is 0 Å². The molecule has 120 valence electrons. The lowest BCUT2D eigenvalue weighted by Crippen LogP contribution is -2.54. The molecule has 0 aromatic rings. The number of hydrogen-bond acceptors (Lipinski definition) is 2. The Morgan fingerprint density at radius 2 is 1.67 bits per heavy atom. The third-order valence-corrected chi connectivity index (χ3v) is 6.83. The van der Waals surface area contributed by atoms with Crippen molar-refractivity contribution in [2.75, 3.05) is 19.6 Å². The monoisotopic (exact) mass is 312 g/mol. The summed E-state index contributed by atoms with van der Waals surface area (Å²) >= 11 is 0. The molecular formula is C17H29ClN2O. The van der Waals surface area contributed by atoms with E-state index in [1.807, 2.05) is 0 Å². The van der Waals surface area contributed by atoms with E-state index in [0.717, 1.165) is 37.3 Å². The third-order valence-electron chi connectivity index (χ3n) is 6.83. The van der Waals surface area contributed by atoms with Gasteiger partial charge in [0.05, 0.1) is 5.41 Å². The van der Waals surface area contributed by atoms with E-state index in [1.165, 1.54) is 38.5 Å². The minimum atomic E-state index is 0. The number of halogens is 1. The maximum Gasteiger partial charge on any atom is 0.228 e. The first-order valence-corrected chi connectivity index (χ1v) is 8.51. The minimum absolute atomic E-state index is 0. The SMILES string of the molecule is CC1(CN)CCN(C(=O)C23CC4CC(CC(C4)C2)C3)C1.Cl. The van der Waals surface area contributed by atoms with E-state index in [2.05, 4.69) is 11.8 Å². The summed E-state index contributed by atoms with van der Waals surface area (Å²) in [7, 11) is 0. The van der Waals surface area contributed by atoms with Crippen LogP contribution in [-0.2, 0) is 4.79 Å². The molecule has 1 unspecified atom stereocenters. The Morgan fingerprint density at radius 3 is 2.10 bits per heavy atom. The van der Waals surface area contributed by atoms with Gasteiger partial charge in [-0.1, -0.05) is 6.92 Å². The Morgan fingerprint density at radius 1 is 1.14 bits per heavy atom. The molecule has 1 aliphatic heterocycles. The van der Waals surface area contributed by atoms with Crippen LogP contribution in [0.1, 0.15) is 51.9 Å². The van der Waals surface area contributed by atoms with E-state index >= 15 is 0 Å². The normalized spacial score (nSPS) is 47.5. The van der Waals surface area contributed by atoms with E-state index in [-0.39, 0.29) is 23.2 Å². The first kappa shape index (κ1) is 15.6. The van der Waals surface area contributed by atoms with Gasteiger partial charge in [0.1, 0.15) is 0 Å². The minimum Gasteiger partial charge on any atom is -0.342 e. The van der Waals surface area contributed by atoms with Crippen molar-refractivity contribution in [2.45, 2.75) is 51.9 Å².